The second-order valence-corrected chi connectivity index (χ2v) is 2.91. The maximum absolute atomic E-state index is 10.7. The molecule has 1 heterocycles. The van der Waals surface area contributed by atoms with E-state index in [9.17, 15) is 4.79 Å². The first-order chi connectivity index (χ1) is 5.11. The van der Waals surface area contributed by atoms with E-state index in [-0.39, 0.29) is 5.69 Å². The van der Waals surface area contributed by atoms with Crippen molar-refractivity contribution in [3.8, 4) is 0 Å². The van der Waals surface area contributed by atoms with Crippen LogP contribution in [0, 0.1) is 5.92 Å². The molecular weight excluding hydrogens is 144 g/mol. The fraction of sp³-hybridized carbons (Fsp3) is 0.667. The minimum atomic E-state index is -0.361. The van der Waals surface area contributed by atoms with Crippen molar-refractivity contribution >= 4 is 0 Å². The van der Waals surface area contributed by atoms with Gasteiger partial charge in [0.2, 0.25) is 0 Å². The highest BCUT2D eigenvalue weighted by atomic mass is 16.2. The first-order valence-corrected chi connectivity index (χ1v) is 3.52. The normalized spacial score (nSPS) is 10.8. The van der Waals surface area contributed by atoms with Crippen LogP contribution in [0.25, 0.3) is 0 Å². The molecule has 1 aromatic heterocycles. The van der Waals surface area contributed by atoms with Gasteiger partial charge in [-0.25, -0.2) is 9.89 Å². The largest absolute Gasteiger partial charge is 0.361 e. The smallest absolute Gasteiger partial charge is 0.333 e. The summed E-state index contributed by atoms with van der Waals surface area (Å²) < 4.78 is 1.04. The second kappa shape index (κ2) is 2.77. The molecule has 5 heteroatoms. The van der Waals surface area contributed by atoms with Crippen molar-refractivity contribution in [3.63, 3.8) is 0 Å². The van der Waals surface area contributed by atoms with Crippen LogP contribution in [0.15, 0.2) is 4.79 Å². The molecule has 1 aromatic rings. The lowest BCUT2D eigenvalue weighted by Gasteiger charge is -2.01. The number of aromatic nitrogens is 3. The van der Waals surface area contributed by atoms with Crippen LogP contribution >= 0.6 is 0 Å². The van der Waals surface area contributed by atoms with Gasteiger partial charge in [0.25, 0.3) is 0 Å². The number of nitrogens with one attached hydrogen (secondary N) is 1. The van der Waals surface area contributed by atoms with Crippen molar-refractivity contribution in [1.29, 1.82) is 0 Å². The van der Waals surface area contributed by atoms with E-state index in [4.69, 9.17) is 5.84 Å². The van der Waals surface area contributed by atoms with Gasteiger partial charge in [0, 0.05) is 6.42 Å². The Morgan fingerprint density at radius 3 is 2.73 bits per heavy atom. The van der Waals surface area contributed by atoms with Gasteiger partial charge < -0.3 is 5.84 Å². The SMILES string of the molecule is CC(C)Cc1n[nH]c(=O)n1N. The highest BCUT2D eigenvalue weighted by Gasteiger charge is 2.05. The lowest BCUT2D eigenvalue weighted by molar-refractivity contribution is 0.606. The van der Waals surface area contributed by atoms with Gasteiger partial charge in [0.1, 0.15) is 0 Å². The molecule has 0 aliphatic carbocycles. The van der Waals surface area contributed by atoms with Gasteiger partial charge in [-0.2, -0.15) is 9.77 Å². The van der Waals surface area contributed by atoms with Crippen molar-refractivity contribution in [2.75, 3.05) is 5.84 Å². The number of rotatable bonds is 2. The van der Waals surface area contributed by atoms with Crippen LogP contribution in [0.3, 0.4) is 0 Å². The zero-order valence-corrected chi connectivity index (χ0v) is 6.66. The molecule has 0 saturated heterocycles. The van der Waals surface area contributed by atoms with E-state index in [1.165, 1.54) is 0 Å². The molecule has 0 bridgehead atoms. The average molecular weight is 156 g/mol. The number of hydrogen-bond donors (Lipinski definition) is 2. The number of nitrogens with two attached hydrogens (primary N) is 1. The van der Waals surface area contributed by atoms with Crippen molar-refractivity contribution in [2.24, 2.45) is 5.92 Å². The molecule has 0 spiro atoms. The van der Waals surface area contributed by atoms with Crippen LogP contribution < -0.4 is 11.5 Å². The molecule has 11 heavy (non-hydrogen) atoms. The van der Waals surface area contributed by atoms with Gasteiger partial charge in [-0.05, 0) is 5.92 Å². The number of nitrogens with zero attached hydrogens (tertiary/aromatic N) is 2. The van der Waals surface area contributed by atoms with Crippen LogP contribution in [0.2, 0.25) is 0 Å². The van der Waals surface area contributed by atoms with Crippen LogP contribution in [0.1, 0.15) is 19.7 Å². The maximum Gasteiger partial charge on any atom is 0.361 e. The molecule has 0 saturated carbocycles. The third-order valence-electron chi connectivity index (χ3n) is 1.37. The summed E-state index contributed by atoms with van der Waals surface area (Å²) in [7, 11) is 0. The monoisotopic (exact) mass is 156 g/mol. The number of nitrogen functional groups attached to an aromatic ring is 1. The van der Waals surface area contributed by atoms with Gasteiger partial charge in [-0.1, -0.05) is 13.8 Å². The van der Waals surface area contributed by atoms with Gasteiger partial charge in [0.05, 0.1) is 0 Å². The Balaban J connectivity index is 2.87. The quantitative estimate of drug-likeness (QED) is 0.566. The Morgan fingerprint density at radius 1 is 1.73 bits per heavy atom. The maximum atomic E-state index is 10.7. The second-order valence-electron chi connectivity index (χ2n) is 2.91. The number of hydrogen-bond acceptors (Lipinski definition) is 3. The molecule has 0 atom stereocenters. The van der Waals surface area contributed by atoms with Crippen molar-refractivity contribution in [1.82, 2.24) is 14.9 Å². The fourth-order valence-corrected chi connectivity index (χ4v) is 0.846. The molecule has 0 fully saturated rings. The predicted octanol–water partition coefficient (Wildman–Crippen LogP) is -0.516. The Bertz CT molecular complexity index is 285. The van der Waals surface area contributed by atoms with Crippen LogP contribution in [0.4, 0.5) is 0 Å². The Labute approximate surface area is 64.2 Å². The van der Waals surface area contributed by atoms with Gasteiger partial charge >= 0.3 is 5.69 Å². The molecule has 1 rings (SSSR count). The molecule has 5 nitrogen and oxygen atoms in total. The minimum absolute atomic E-state index is 0.361. The molecule has 0 radical (unpaired) electrons. The van der Waals surface area contributed by atoms with Crippen molar-refractivity contribution in [2.45, 2.75) is 20.3 Å². The summed E-state index contributed by atoms with van der Waals surface area (Å²) in [5, 5.41) is 6.03. The zero-order chi connectivity index (χ0) is 8.43. The Morgan fingerprint density at radius 2 is 2.36 bits per heavy atom. The van der Waals surface area contributed by atoms with Crippen molar-refractivity contribution < 1.29 is 0 Å². The van der Waals surface area contributed by atoms with Gasteiger partial charge in [-0.3, -0.25) is 0 Å². The highest BCUT2D eigenvalue weighted by Crippen LogP contribution is 1.99. The highest BCUT2D eigenvalue weighted by molar-refractivity contribution is 4.86. The van der Waals surface area contributed by atoms with E-state index in [1.54, 1.807) is 0 Å². The van der Waals surface area contributed by atoms with E-state index in [0.717, 1.165) is 11.1 Å². The number of H-pyrrole nitrogens is 1. The summed E-state index contributed by atoms with van der Waals surface area (Å²) in [4.78, 5) is 10.7. The summed E-state index contributed by atoms with van der Waals surface area (Å²) in [5.41, 5.74) is -0.361. The van der Waals surface area contributed by atoms with Crippen LogP contribution in [0.5, 0.6) is 0 Å². The van der Waals surface area contributed by atoms with E-state index in [2.05, 4.69) is 10.2 Å². The van der Waals surface area contributed by atoms with E-state index in [0.29, 0.717) is 11.7 Å². The Kier molecular flexibility index (Phi) is 1.98. The lowest BCUT2D eigenvalue weighted by Crippen LogP contribution is -2.26. The van der Waals surface area contributed by atoms with E-state index in [1.807, 2.05) is 13.8 Å². The predicted molar refractivity (Wildman–Crippen MR) is 41.5 cm³/mol. The summed E-state index contributed by atoms with van der Waals surface area (Å²) in [5.74, 6) is 6.41. The topological polar surface area (TPSA) is 76.7 Å². The molecule has 0 unspecified atom stereocenters. The van der Waals surface area contributed by atoms with Gasteiger partial charge in [-0.15, -0.1) is 0 Å². The summed E-state index contributed by atoms with van der Waals surface area (Å²) in [6.45, 7) is 4.08. The number of aromatic amines is 1. The molecule has 3 N–H and O–H groups in total. The van der Waals surface area contributed by atoms with Crippen LogP contribution in [-0.2, 0) is 6.42 Å². The first kappa shape index (κ1) is 7.84. The Hall–Kier alpha value is -1.26. The summed E-state index contributed by atoms with van der Waals surface area (Å²) in [6, 6.07) is 0. The summed E-state index contributed by atoms with van der Waals surface area (Å²) >= 11 is 0. The standard InChI is InChI=1S/C6H12N4O/c1-4(2)3-5-8-9-6(11)10(5)7/h4H,3,7H2,1-2H3,(H,9,11). The average Bonchev–Trinajstić information content (AvgIpc) is 2.18. The molecule has 0 aliphatic heterocycles. The fourth-order valence-electron chi connectivity index (χ4n) is 0.846. The molecule has 0 aromatic carbocycles. The molecular formula is C6H12N4O. The zero-order valence-electron chi connectivity index (χ0n) is 6.66. The molecule has 0 aliphatic rings. The van der Waals surface area contributed by atoms with E-state index >= 15 is 0 Å². The third-order valence-corrected chi connectivity index (χ3v) is 1.37. The first-order valence-electron chi connectivity index (χ1n) is 3.52. The van der Waals surface area contributed by atoms with Crippen LogP contribution in [-0.4, -0.2) is 14.9 Å². The lowest BCUT2D eigenvalue weighted by atomic mass is 10.1. The minimum Gasteiger partial charge on any atom is -0.333 e. The van der Waals surface area contributed by atoms with Crippen molar-refractivity contribution in [3.05, 3.63) is 16.3 Å². The molecule has 0 amide bonds. The molecule has 62 valence electrons. The third kappa shape index (κ3) is 1.60. The van der Waals surface area contributed by atoms with Gasteiger partial charge in [0.15, 0.2) is 5.82 Å². The summed E-state index contributed by atoms with van der Waals surface area (Å²) in [6.07, 6.45) is 0.717. The van der Waals surface area contributed by atoms with E-state index < -0.39 is 0 Å².